The first-order valence-corrected chi connectivity index (χ1v) is 5.25. The zero-order valence-corrected chi connectivity index (χ0v) is 9.16. The first-order chi connectivity index (χ1) is 6.66. The van der Waals surface area contributed by atoms with Crippen molar-refractivity contribution in [2.45, 2.75) is 12.5 Å². The average Bonchev–Trinajstić information content (AvgIpc) is 2.73. The van der Waals surface area contributed by atoms with Crippen molar-refractivity contribution in [2.75, 3.05) is 13.1 Å². The van der Waals surface area contributed by atoms with Gasteiger partial charge in [0, 0.05) is 25.2 Å². The van der Waals surface area contributed by atoms with Gasteiger partial charge in [0.05, 0.1) is 5.56 Å². The lowest BCUT2D eigenvalue weighted by Crippen LogP contribution is -2.31. The number of hydrogen-bond acceptors (Lipinski definition) is 3. The average molecular weight is 259 g/mol. The molecule has 1 saturated heterocycles. The predicted molar refractivity (Wildman–Crippen MR) is 54.9 cm³/mol. The summed E-state index contributed by atoms with van der Waals surface area (Å²) in [6.45, 7) is 1.38. The van der Waals surface area contributed by atoms with E-state index in [0.717, 1.165) is 13.0 Å². The number of likely N-dealkylation sites (tertiary alicyclic amines) is 1. The Bertz CT molecular complexity index is 350. The Balaban J connectivity index is 2.09. The van der Waals surface area contributed by atoms with E-state index in [4.69, 9.17) is 10.2 Å². The monoisotopic (exact) mass is 258 g/mol. The fraction of sp³-hybridized carbons (Fsp3) is 0.444. The highest BCUT2D eigenvalue weighted by Crippen LogP contribution is 2.17. The molecule has 14 heavy (non-hydrogen) atoms. The molecule has 1 aromatic heterocycles. The molecule has 0 radical (unpaired) electrons. The largest absolute Gasteiger partial charge is 0.457 e. The maximum atomic E-state index is 11.8. The van der Waals surface area contributed by atoms with Crippen LogP contribution in [0, 0.1) is 0 Å². The second kappa shape index (κ2) is 3.74. The lowest BCUT2D eigenvalue weighted by atomic mass is 10.3. The molecule has 1 aliphatic rings. The summed E-state index contributed by atoms with van der Waals surface area (Å²) < 4.78 is 5.58. The first kappa shape index (κ1) is 9.73. The number of amides is 1. The molecule has 4 nitrogen and oxygen atoms in total. The lowest BCUT2D eigenvalue weighted by Gasteiger charge is -2.13. The number of carbonyl (C=O) groups is 1. The second-order valence-corrected chi connectivity index (χ2v) is 4.22. The summed E-state index contributed by atoms with van der Waals surface area (Å²) in [4.78, 5) is 13.5. The highest BCUT2D eigenvalue weighted by molar-refractivity contribution is 9.10. The summed E-state index contributed by atoms with van der Waals surface area (Å²) in [5.74, 6) is -0.00704. The molecular weight excluding hydrogens is 248 g/mol. The van der Waals surface area contributed by atoms with E-state index >= 15 is 0 Å². The maximum absolute atomic E-state index is 11.8. The molecule has 0 saturated carbocycles. The smallest absolute Gasteiger partial charge is 0.257 e. The highest BCUT2D eigenvalue weighted by Gasteiger charge is 2.25. The van der Waals surface area contributed by atoms with Gasteiger partial charge in [-0.15, -0.1) is 0 Å². The molecule has 5 heteroatoms. The van der Waals surface area contributed by atoms with Gasteiger partial charge in [0.25, 0.3) is 5.91 Å². The Labute approximate surface area is 90.2 Å². The van der Waals surface area contributed by atoms with E-state index in [-0.39, 0.29) is 11.9 Å². The van der Waals surface area contributed by atoms with Gasteiger partial charge >= 0.3 is 0 Å². The Kier molecular flexibility index (Phi) is 2.60. The third-order valence-electron chi connectivity index (χ3n) is 2.33. The number of nitrogens with two attached hydrogens (primary N) is 1. The predicted octanol–water partition coefficient (Wildman–Crippen LogP) is 1.22. The zero-order chi connectivity index (χ0) is 10.1. The van der Waals surface area contributed by atoms with Crippen LogP contribution in [0.3, 0.4) is 0 Å². The van der Waals surface area contributed by atoms with Crippen LogP contribution in [-0.2, 0) is 0 Å². The molecule has 1 aliphatic heterocycles. The molecule has 2 N–H and O–H groups in total. The van der Waals surface area contributed by atoms with Crippen molar-refractivity contribution in [3.8, 4) is 0 Å². The van der Waals surface area contributed by atoms with Gasteiger partial charge in [-0.2, -0.15) is 0 Å². The highest BCUT2D eigenvalue weighted by atomic mass is 79.9. The first-order valence-electron chi connectivity index (χ1n) is 4.45. The van der Waals surface area contributed by atoms with E-state index in [1.54, 1.807) is 11.0 Å². The number of rotatable bonds is 1. The van der Waals surface area contributed by atoms with E-state index in [1.807, 2.05) is 0 Å². The molecule has 1 aromatic rings. The van der Waals surface area contributed by atoms with Crippen molar-refractivity contribution in [1.29, 1.82) is 0 Å². The van der Waals surface area contributed by atoms with Gasteiger partial charge in [0.1, 0.15) is 6.26 Å². The van der Waals surface area contributed by atoms with Crippen LogP contribution < -0.4 is 5.73 Å². The van der Waals surface area contributed by atoms with Crippen LogP contribution in [0.15, 0.2) is 21.4 Å². The summed E-state index contributed by atoms with van der Waals surface area (Å²) in [7, 11) is 0. The van der Waals surface area contributed by atoms with E-state index in [1.165, 1.54) is 6.26 Å². The molecule has 0 aliphatic carbocycles. The number of carbonyl (C=O) groups excluding carboxylic acids is 1. The molecule has 1 atom stereocenters. The van der Waals surface area contributed by atoms with Crippen molar-refractivity contribution in [3.63, 3.8) is 0 Å². The van der Waals surface area contributed by atoms with E-state index in [2.05, 4.69) is 15.9 Å². The van der Waals surface area contributed by atoms with Crippen molar-refractivity contribution in [3.05, 3.63) is 22.6 Å². The normalized spacial score (nSPS) is 21.6. The molecule has 1 fully saturated rings. The lowest BCUT2D eigenvalue weighted by molar-refractivity contribution is 0.0790. The van der Waals surface area contributed by atoms with Gasteiger partial charge in [-0.3, -0.25) is 4.79 Å². The van der Waals surface area contributed by atoms with Gasteiger partial charge in [-0.25, -0.2) is 0 Å². The Morgan fingerprint density at radius 2 is 2.50 bits per heavy atom. The van der Waals surface area contributed by atoms with Gasteiger partial charge < -0.3 is 15.1 Å². The van der Waals surface area contributed by atoms with Crippen LogP contribution in [-0.4, -0.2) is 29.9 Å². The molecule has 0 bridgehead atoms. The van der Waals surface area contributed by atoms with Crippen molar-refractivity contribution in [1.82, 2.24) is 4.90 Å². The third kappa shape index (κ3) is 1.83. The zero-order valence-electron chi connectivity index (χ0n) is 7.57. The molecule has 2 rings (SSSR count). The molecule has 0 unspecified atom stereocenters. The maximum Gasteiger partial charge on any atom is 0.257 e. The van der Waals surface area contributed by atoms with Crippen LogP contribution >= 0.6 is 15.9 Å². The van der Waals surface area contributed by atoms with Crippen LogP contribution in [0.5, 0.6) is 0 Å². The molecule has 76 valence electrons. The van der Waals surface area contributed by atoms with Crippen molar-refractivity contribution < 1.29 is 9.21 Å². The summed E-state index contributed by atoms with van der Waals surface area (Å²) in [6, 6.07) is 1.79. The minimum atomic E-state index is -0.00704. The Morgan fingerprint density at radius 3 is 3.00 bits per heavy atom. The minimum Gasteiger partial charge on any atom is -0.457 e. The fourth-order valence-electron chi connectivity index (χ4n) is 1.58. The number of furan rings is 1. The van der Waals surface area contributed by atoms with Crippen LogP contribution in [0.2, 0.25) is 0 Å². The molecule has 1 amide bonds. The SMILES string of the molecule is N[C@H]1CCN(C(=O)c2coc(Br)c2)C1. The third-order valence-corrected chi connectivity index (χ3v) is 2.74. The number of hydrogen-bond donors (Lipinski definition) is 1. The van der Waals surface area contributed by atoms with E-state index < -0.39 is 0 Å². The van der Waals surface area contributed by atoms with Gasteiger partial charge in [0.15, 0.2) is 4.67 Å². The summed E-state index contributed by atoms with van der Waals surface area (Å²) >= 11 is 3.16. The Morgan fingerprint density at radius 1 is 1.71 bits per heavy atom. The van der Waals surface area contributed by atoms with Crippen LogP contribution in [0.4, 0.5) is 0 Å². The topological polar surface area (TPSA) is 59.5 Å². The van der Waals surface area contributed by atoms with Gasteiger partial charge in [-0.1, -0.05) is 0 Å². The van der Waals surface area contributed by atoms with Crippen LogP contribution in [0.25, 0.3) is 0 Å². The van der Waals surface area contributed by atoms with Crippen LogP contribution in [0.1, 0.15) is 16.8 Å². The molecule has 2 heterocycles. The minimum absolute atomic E-state index is 0.00704. The fourth-order valence-corrected chi connectivity index (χ4v) is 1.92. The quantitative estimate of drug-likeness (QED) is 0.824. The van der Waals surface area contributed by atoms with Gasteiger partial charge in [0.2, 0.25) is 0 Å². The molecule has 0 aromatic carbocycles. The van der Waals surface area contributed by atoms with Crippen molar-refractivity contribution >= 4 is 21.8 Å². The van der Waals surface area contributed by atoms with E-state index in [9.17, 15) is 4.79 Å². The standard InChI is InChI=1S/C9H11BrN2O2/c10-8-3-6(5-14-8)9(13)12-2-1-7(11)4-12/h3,5,7H,1-2,4,11H2/t7-/m0/s1. The van der Waals surface area contributed by atoms with Gasteiger partial charge in [-0.05, 0) is 22.4 Å². The molecular formula is C9H11BrN2O2. The van der Waals surface area contributed by atoms with E-state index in [0.29, 0.717) is 16.8 Å². The van der Waals surface area contributed by atoms with Crippen molar-refractivity contribution in [2.24, 2.45) is 5.73 Å². The number of halogens is 1. The summed E-state index contributed by atoms with van der Waals surface area (Å²) in [5.41, 5.74) is 6.29. The molecule has 0 spiro atoms. The second-order valence-electron chi connectivity index (χ2n) is 3.44. The number of nitrogens with zero attached hydrogens (tertiary/aromatic N) is 1. The Hall–Kier alpha value is -0.810. The summed E-state index contributed by atoms with van der Waals surface area (Å²) in [6.07, 6.45) is 2.33. The summed E-state index contributed by atoms with van der Waals surface area (Å²) in [5, 5.41) is 0.